The predicted molar refractivity (Wildman–Crippen MR) is 56.1 cm³/mol. The van der Waals surface area contributed by atoms with Crippen LogP contribution in [-0.4, -0.2) is 9.97 Å². The molecule has 0 radical (unpaired) electrons. The second kappa shape index (κ2) is 4.09. The van der Waals surface area contributed by atoms with Gasteiger partial charge in [-0.25, -0.2) is 13.8 Å². The number of benzene rings is 1. The molecule has 3 N–H and O–H groups in total. The van der Waals surface area contributed by atoms with E-state index in [1.165, 1.54) is 6.20 Å². The third-order valence-corrected chi connectivity index (χ3v) is 1.81. The van der Waals surface area contributed by atoms with Gasteiger partial charge in [0.05, 0.1) is 0 Å². The van der Waals surface area contributed by atoms with Gasteiger partial charge in [0, 0.05) is 18.0 Å². The standard InChI is InChI=1S/C10H8F2N4/c11-6-3-7(12)5-8(4-6)15-9-1-2-14-10(13)16-9/h1-5H,(H3,13,14,15,16). The van der Waals surface area contributed by atoms with Gasteiger partial charge in [0.15, 0.2) is 0 Å². The van der Waals surface area contributed by atoms with Crippen LogP contribution < -0.4 is 11.1 Å². The van der Waals surface area contributed by atoms with Gasteiger partial charge in [-0.3, -0.25) is 0 Å². The molecule has 0 aliphatic rings. The van der Waals surface area contributed by atoms with E-state index >= 15 is 0 Å². The minimum atomic E-state index is -0.662. The summed E-state index contributed by atoms with van der Waals surface area (Å²) in [6, 6.07) is 4.64. The molecule has 2 aromatic rings. The number of nitrogens with two attached hydrogens (primary N) is 1. The highest BCUT2D eigenvalue weighted by atomic mass is 19.1. The van der Waals surface area contributed by atoms with Crippen molar-refractivity contribution in [3.63, 3.8) is 0 Å². The SMILES string of the molecule is Nc1nccc(Nc2cc(F)cc(F)c2)n1. The topological polar surface area (TPSA) is 63.8 Å². The molecule has 1 aromatic heterocycles. The van der Waals surface area contributed by atoms with Gasteiger partial charge in [-0.1, -0.05) is 0 Å². The summed E-state index contributed by atoms with van der Waals surface area (Å²) >= 11 is 0. The molecule has 0 atom stereocenters. The second-order valence-corrected chi connectivity index (χ2v) is 3.08. The molecule has 2 rings (SSSR count). The first-order valence-corrected chi connectivity index (χ1v) is 4.45. The summed E-state index contributed by atoms with van der Waals surface area (Å²) in [5, 5.41) is 2.72. The number of nitrogen functional groups attached to an aromatic ring is 1. The van der Waals surface area contributed by atoms with E-state index in [1.54, 1.807) is 6.07 Å². The number of halogens is 2. The molecule has 0 spiro atoms. The predicted octanol–water partition coefficient (Wildman–Crippen LogP) is 2.08. The molecular formula is C10H8F2N4. The Balaban J connectivity index is 2.27. The van der Waals surface area contributed by atoms with Gasteiger partial charge >= 0.3 is 0 Å². The molecular weight excluding hydrogens is 214 g/mol. The van der Waals surface area contributed by atoms with Crippen molar-refractivity contribution < 1.29 is 8.78 Å². The Morgan fingerprint density at radius 3 is 2.44 bits per heavy atom. The summed E-state index contributed by atoms with van der Waals surface area (Å²) < 4.78 is 25.7. The molecule has 82 valence electrons. The minimum Gasteiger partial charge on any atom is -0.368 e. The van der Waals surface area contributed by atoms with Crippen LogP contribution in [0.2, 0.25) is 0 Å². The first-order valence-electron chi connectivity index (χ1n) is 4.45. The fourth-order valence-electron chi connectivity index (χ4n) is 1.22. The van der Waals surface area contributed by atoms with Crippen molar-refractivity contribution in [3.05, 3.63) is 42.1 Å². The summed E-state index contributed by atoms with van der Waals surface area (Å²) in [4.78, 5) is 7.53. The molecule has 1 heterocycles. The molecule has 0 saturated carbocycles. The van der Waals surface area contributed by atoms with Crippen LogP contribution in [-0.2, 0) is 0 Å². The summed E-state index contributed by atoms with van der Waals surface area (Å²) in [5.74, 6) is -0.867. The van der Waals surface area contributed by atoms with Gasteiger partial charge in [-0.2, -0.15) is 4.98 Å². The van der Waals surface area contributed by atoms with Crippen molar-refractivity contribution in [2.45, 2.75) is 0 Å². The van der Waals surface area contributed by atoms with Crippen molar-refractivity contribution in [1.29, 1.82) is 0 Å². The molecule has 0 aliphatic heterocycles. The van der Waals surface area contributed by atoms with E-state index in [-0.39, 0.29) is 11.6 Å². The molecule has 0 bridgehead atoms. The van der Waals surface area contributed by atoms with Crippen molar-refractivity contribution in [3.8, 4) is 0 Å². The van der Waals surface area contributed by atoms with Gasteiger partial charge in [0.25, 0.3) is 0 Å². The highest BCUT2D eigenvalue weighted by molar-refractivity contribution is 5.56. The smallest absolute Gasteiger partial charge is 0.221 e. The van der Waals surface area contributed by atoms with E-state index in [4.69, 9.17) is 5.73 Å². The third kappa shape index (κ3) is 2.41. The van der Waals surface area contributed by atoms with Crippen molar-refractivity contribution in [2.24, 2.45) is 0 Å². The maximum absolute atomic E-state index is 12.9. The van der Waals surface area contributed by atoms with Crippen molar-refractivity contribution >= 4 is 17.5 Å². The van der Waals surface area contributed by atoms with Crippen molar-refractivity contribution in [2.75, 3.05) is 11.1 Å². The van der Waals surface area contributed by atoms with E-state index < -0.39 is 11.6 Å². The zero-order valence-electron chi connectivity index (χ0n) is 8.11. The van der Waals surface area contributed by atoms with Crippen LogP contribution in [0.4, 0.5) is 26.2 Å². The summed E-state index contributed by atoms with van der Waals surface area (Å²) in [6.45, 7) is 0. The lowest BCUT2D eigenvalue weighted by Gasteiger charge is -2.05. The average molecular weight is 222 g/mol. The molecule has 0 aliphatic carbocycles. The fourth-order valence-corrected chi connectivity index (χ4v) is 1.22. The van der Waals surface area contributed by atoms with E-state index in [9.17, 15) is 8.78 Å². The molecule has 1 aromatic carbocycles. The number of hydrogen-bond acceptors (Lipinski definition) is 4. The summed E-state index contributed by atoms with van der Waals surface area (Å²) in [7, 11) is 0. The lowest BCUT2D eigenvalue weighted by atomic mass is 10.3. The van der Waals surface area contributed by atoms with E-state index in [1.807, 2.05) is 0 Å². The number of hydrogen-bond donors (Lipinski definition) is 2. The van der Waals surface area contributed by atoms with Crippen LogP contribution in [0.3, 0.4) is 0 Å². The number of anilines is 3. The van der Waals surface area contributed by atoms with Crippen LogP contribution in [0.1, 0.15) is 0 Å². The Kier molecular flexibility index (Phi) is 2.63. The Morgan fingerprint density at radius 1 is 1.12 bits per heavy atom. The zero-order chi connectivity index (χ0) is 11.5. The molecule has 0 fully saturated rings. The minimum absolute atomic E-state index is 0.0851. The number of rotatable bonds is 2. The fraction of sp³-hybridized carbons (Fsp3) is 0. The maximum Gasteiger partial charge on any atom is 0.221 e. The maximum atomic E-state index is 12.9. The second-order valence-electron chi connectivity index (χ2n) is 3.08. The van der Waals surface area contributed by atoms with Gasteiger partial charge < -0.3 is 11.1 Å². The molecule has 4 nitrogen and oxygen atoms in total. The lowest BCUT2D eigenvalue weighted by Crippen LogP contribution is -1.99. The van der Waals surface area contributed by atoms with E-state index in [0.717, 1.165) is 18.2 Å². The van der Waals surface area contributed by atoms with Crippen molar-refractivity contribution in [1.82, 2.24) is 9.97 Å². The Morgan fingerprint density at radius 2 is 1.81 bits per heavy atom. The Labute approximate surface area is 90.1 Å². The van der Waals surface area contributed by atoms with Gasteiger partial charge in [-0.05, 0) is 18.2 Å². The first-order chi connectivity index (χ1) is 7.63. The van der Waals surface area contributed by atoms with Crippen LogP contribution in [0, 0.1) is 11.6 Å². The average Bonchev–Trinajstić information content (AvgIpc) is 2.15. The van der Waals surface area contributed by atoms with Gasteiger partial charge in [0.1, 0.15) is 17.5 Å². The van der Waals surface area contributed by atoms with Gasteiger partial charge in [-0.15, -0.1) is 0 Å². The largest absolute Gasteiger partial charge is 0.368 e. The molecule has 16 heavy (non-hydrogen) atoms. The highest BCUT2D eigenvalue weighted by Crippen LogP contribution is 2.17. The quantitative estimate of drug-likeness (QED) is 0.816. The number of aromatic nitrogens is 2. The Hall–Kier alpha value is -2.24. The van der Waals surface area contributed by atoms with Crippen LogP contribution in [0.25, 0.3) is 0 Å². The number of nitrogens with one attached hydrogen (secondary N) is 1. The molecule has 0 unspecified atom stereocenters. The summed E-state index contributed by atoms with van der Waals surface area (Å²) in [6.07, 6.45) is 1.44. The molecule has 0 saturated heterocycles. The lowest BCUT2D eigenvalue weighted by molar-refractivity contribution is 0.584. The highest BCUT2D eigenvalue weighted by Gasteiger charge is 2.02. The molecule has 6 heteroatoms. The van der Waals surface area contributed by atoms with E-state index in [0.29, 0.717) is 5.82 Å². The van der Waals surface area contributed by atoms with Crippen LogP contribution in [0.15, 0.2) is 30.5 Å². The monoisotopic (exact) mass is 222 g/mol. The normalized spacial score (nSPS) is 10.1. The van der Waals surface area contributed by atoms with Crippen LogP contribution in [0.5, 0.6) is 0 Å². The summed E-state index contributed by atoms with van der Waals surface area (Å²) in [5.41, 5.74) is 5.62. The molecule has 0 amide bonds. The van der Waals surface area contributed by atoms with Gasteiger partial charge in [0.2, 0.25) is 5.95 Å². The van der Waals surface area contributed by atoms with Crippen LogP contribution >= 0.6 is 0 Å². The zero-order valence-corrected chi connectivity index (χ0v) is 8.11. The Bertz CT molecular complexity index is 496. The third-order valence-electron chi connectivity index (χ3n) is 1.81. The number of nitrogens with zero attached hydrogens (tertiary/aromatic N) is 2. The first kappa shape index (κ1) is 10.3. The van der Waals surface area contributed by atoms with E-state index in [2.05, 4.69) is 15.3 Å².